The van der Waals surface area contributed by atoms with Gasteiger partial charge in [-0.05, 0) is 23.3 Å². The van der Waals surface area contributed by atoms with Gasteiger partial charge in [0.2, 0.25) is 17.2 Å². The van der Waals surface area contributed by atoms with Crippen LogP contribution in [0.3, 0.4) is 0 Å². The predicted octanol–water partition coefficient (Wildman–Crippen LogP) is 6.08. The third kappa shape index (κ3) is 2.65. The van der Waals surface area contributed by atoms with Gasteiger partial charge < -0.3 is 4.74 Å². The van der Waals surface area contributed by atoms with Crippen molar-refractivity contribution >= 4 is 34.7 Å². The average Bonchev–Trinajstić information content (AvgIpc) is 3.48. The highest BCUT2D eigenvalue weighted by molar-refractivity contribution is 6.37. The largest absolute Gasteiger partial charge is 0.348 e. The molecule has 0 N–H and O–H groups in total. The van der Waals surface area contributed by atoms with Crippen LogP contribution in [0.25, 0.3) is 0 Å². The van der Waals surface area contributed by atoms with Gasteiger partial charge in [-0.3, -0.25) is 19.2 Å². The average molecular weight is 519 g/mol. The van der Waals surface area contributed by atoms with Gasteiger partial charge in [0.05, 0.1) is 5.92 Å². The Bertz CT molecular complexity index is 1620. The molecule has 2 unspecified atom stereocenters. The number of hydrogen-bond donors (Lipinski definition) is 0. The van der Waals surface area contributed by atoms with Crippen molar-refractivity contribution in [1.29, 1.82) is 0 Å². The number of carbonyl (C=O) groups excluding carboxylic acids is 4. The lowest BCUT2D eigenvalue weighted by molar-refractivity contribution is -0.0210. The highest BCUT2D eigenvalue weighted by Crippen LogP contribution is 2.67. The normalized spacial score (nSPS) is 22.3. The molecule has 2 aliphatic carbocycles. The Labute approximate surface area is 223 Å². The number of benzene rings is 4. The van der Waals surface area contributed by atoms with E-state index in [1.807, 2.05) is 6.07 Å². The maximum atomic E-state index is 14.5. The number of Topliss-reactive ketones (excluding diaryl/α,β-unsaturated/α-hetero) is 4. The molecule has 7 rings (SSSR count). The van der Waals surface area contributed by atoms with Crippen LogP contribution >= 0.6 is 11.6 Å². The zero-order valence-electron chi connectivity index (χ0n) is 19.9. The fraction of sp³-hybridized carbons (Fsp3) is 0.125. The minimum Gasteiger partial charge on any atom is -0.348 e. The molecule has 38 heavy (non-hydrogen) atoms. The molecule has 6 heteroatoms. The smallest absolute Gasteiger partial charge is 0.204 e. The Morgan fingerprint density at radius 3 is 1.47 bits per heavy atom. The van der Waals surface area contributed by atoms with Gasteiger partial charge in [-0.15, -0.1) is 0 Å². The van der Waals surface area contributed by atoms with Crippen LogP contribution in [0.5, 0.6) is 0 Å². The molecule has 1 fully saturated rings. The van der Waals surface area contributed by atoms with E-state index in [1.54, 1.807) is 97.1 Å². The first-order valence-electron chi connectivity index (χ1n) is 12.3. The highest BCUT2D eigenvalue weighted by atomic mass is 35.5. The van der Waals surface area contributed by atoms with Gasteiger partial charge in [-0.25, -0.2) is 0 Å². The number of ketones is 4. The molecule has 0 aromatic heterocycles. The fourth-order valence-electron chi connectivity index (χ4n) is 6.61. The molecule has 2 atom stereocenters. The summed E-state index contributed by atoms with van der Waals surface area (Å²) in [6, 6.07) is 28.6. The zero-order chi connectivity index (χ0) is 26.2. The Hall–Kier alpha value is -4.19. The molecule has 0 bridgehead atoms. The van der Waals surface area contributed by atoms with Crippen molar-refractivity contribution in [3.05, 3.63) is 142 Å². The molecular weight excluding hydrogens is 500 g/mol. The molecule has 0 amide bonds. The summed E-state index contributed by atoms with van der Waals surface area (Å²) in [7, 11) is 0. The molecule has 5 nitrogen and oxygen atoms in total. The predicted molar refractivity (Wildman–Crippen MR) is 140 cm³/mol. The van der Waals surface area contributed by atoms with Crippen molar-refractivity contribution in [3.8, 4) is 0 Å². The summed E-state index contributed by atoms with van der Waals surface area (Å²) >= 11 is 6.21. The van der Waals surface area contributed by atoms with E-state index in [1.165, 1.54) is 0 Å². The van der Waals surface area contributed by atoms with Gasteiger partial charge in [0.1, 0.15) is 11.5 Å². The maximum Gasteiger partial charge on any atom is 0.204 e. The van der Waals surface area contributed by atoms with Crippen LogP contribution in [0, 0.1) is 5.41 Å². The number of halogens is 1. The molecule has 1 heterocycles. The van der Waals surface area contributed by atoms with Crippen LogP contribution < -0.4 is 0 Å². The third-order valence-electron chi connectivity index (χ3n) is 8.14. The van der Waals surface area contributed by atoms with Gasteiger partial charge in [-0.1, -0.05) is 103 Å². The van der Waals surface area contributed by atoms with E-state index in [2.05, 4.69) is 0 Å². The van der Waals surface area contributed by atoms with E-state index in [4.69, 9.17) is 16.3 Å². The standard InChI is InChI=1S/C32H19ClO5/c33-20-16-14-18(15-17-20)25-31(26(34)21-10-4-5-11-22(21)27(31)35)30(19-8-2-1-3-9-19)38-32(25)28(36)23-12-6-7-13-24(23)29(32)37/h1-17,25,30H. The number of fused-ring (bicyclic) bond motifs is 2. The first kappa shape index (κ1) is 23.0. The van der Waals surface area contributed by atoms with Crippen LogP contribution in [0.15, 0.2) is 103 Å². The summed E-state index contributed by atoms with van der Waals surface area (Å²) in [6.07, 6.45) is -1.18. The lowest BCUT2D eigenvalue weighted by Gasteiger charge is -2.34. The van der Waals surface area contributed by atoms with Crippen molar-refractivity contribution in [1.82, 2.24) is 0 Å². The Balaban J connectivity index is 1.59. The SMILES string of the molecule is O=C1c2ccccc2C(=O)C12OC(c1ccccc1)C1(C(=O)c3ccccc3C1=O)C2c1ccc(Cl)cc1. The number of carbonyl (C=O) groups is 4. The third-order valence-corrected chi connectivity index (χ3v) is 8.40. The zero-order valence-corrected chi connectivity index (χ0v) is 20.6. The topological polar surface area (TPSA) is 77.5 Å². The second-order valence-corrected chi connectivity index (χ2v) is 10.3. The van der Waals surface area contributed by atoms with Gasteiger partial charge in [0.15, 0.2) is 11.6 Å². The first-order valence-corrected chi connectivity index (χ1v) is 12.7. The minimum atomic E-state index is -2.11. The second kappa shape index (κ2) is 7.90. The van der Waals surface area contributed by atoms with E-state index in [0.29, 0.717) is 16.1 Å². The fourth-order valence-corrected chi connectivity index (χ4v) is 6.74. The first-order chi connectivity index (χ1) is 18.4. The van der Waals surface area contributed by atoms with Crippen molar-refractivity contribution < 1.29 is 23.9 Å². The van der Waals surface area contributed by atoms with Gasteiger partial charge >= 0.3 is 0 Å². The molecule has 4 aromatic carbocycles. The van der Waals surface area contributed by atoms with E-state index in [0.717, 1.165) is 0 Å². The molecule has 184 valence electrons. The number of ether oxygens (including phenoxy) is 1. The summed E-state index contributed by atoms with van der Waals surface area (Å²) in [5.74, 6) is -3.24. The van der Waals surface area contributed by atoms with E-state index >= 15 is 0 Å². The van der Waals surface area contributed by atoms with Crippen molar-refractivity contribution in [2.45, 2.75) is 17.6 Å². The van der Waals surface area contributed by atoms with Crippen LogP contribution in [0.2, 0.25) is 5.02 Å². The van der Waals surface area contributed by atoms with Gasteiger partial charge in [0, 0.05) is 27.3 Å². The summed E-state index contributed by atoms with van der Waals surface area (Å²) < 4.78 is 6.64. The Morgan fingerprint density at radius 2 is 0.974 bits per heavy atom. The molecule has 0 saturated carbocycles. The molecular formula is C32H19ClO5. The lowest BCUT2D eigenvalue weighted by atomic mass is 9.60. The summed E-state index contributed by atoms with van der Waals surface area (Å²) in [5, 5.41) is 0.440. The van der Waals surface area contributed by atoms with Crippen LogP contribution in [-0.4, -0.2) is 28.7 Å². The van der Waals surface area contributed by atoms with Crippen LogP contribution in [0.1, 0.15) is 64.6 Å². The summed E-state index contributed by atoms with van der Waals surface area (Å²) in [5.41, 5.74) is -2.04. The molecule has 1 saturated heterocycles. The molecule has 2 spiro atoms. The Morgan fingerprint density at radius 1 is 0.526 bits per heavy atom. The van der Waals surface area contributed by atoms with E-state index < -0.39 is 46.2 Å². The molecule has 1 aliphatic heterocycles. The molecule has 0 radical (unpaired) electrons. The molecule has 4 aromatic rings. The van der Waals surface area contributed by atoms with E-state index in [9.17, 15) is 19.2 Å². The van der Waals surface area contributed by atoms with Crippen molar-refractivity contribution in [2.24, 2.45) is 5.41 Å². The van der Waals surface area contributed by atoms with Gasteiger partial charge in [0.25, 0.3) is 0 Å². The monoisotopic (exact) mass is 518 g/mol. The second-order valence-electron chi connectivity index (χ2n) is 9.91. The summed E-state index contributed by atoms with van der Waals surface area (Å²) in [6.45, 7) is 0. The summed E-state index contributed by atoms with van der Waals surface area (Å²) in [4.78, 5) is 57.7. The van der Waals surface area contributed by atoms with Crippen molar-refractivity contribution in [3.63, 3.8) is 0 Å². The van der Waals surface area contributed by atoms with Crippen molar-refractivity contribution in [2.75, 3.05) is 0 Å². The number of hydrogen-bond acceptors (Lipinski definition) is 5. The number of rotatable bonds is 2. The van der Waals surface area contributed by atoms with E-state index in [-0.39, 0.29) is 22.3 Å². The molecule has 3 aliphatic rings. The Kier molecular flexibility index (Phi) is 4.78. The quantitative estimate of drug-likeness (QED) is 0.301. The highest BCUT2D eigenvalue weighted by Gasteiger charge is 2.79. The minimum absolute atomic E-state index is 0.218. The van der Waals surface area contributed by atoms with Crippen LogP contribution in [0.4, 0.5) is 0 Å². The lowest BCUT2D eigenvalue weighted by Crippen LogP contribution is -2.51. The maximum absolute atomic E-state index is 14.5. The van der Waals surface area contributed by atoms with Gasteiger partial charge in [-0.2, -0.15) is 0 Å². The van der Waals surface area contributed by atoms with Crippen LogP contribution in [-0.2, 0) is 4.74 Å².